The van der Waals surface area contributed by atoms with Crippen molar-refractivity contribution in [3.05, 3.63) is 42.0 Å². The molecule has 0 saturated heterocycles. The van der Waals surface area contributed by atoms with E-state index in [2.05, 4.69) is 74.2 Å². The summed E-state index contributed by atoms with van der Waals surface area (Å²) in [5.74, 6) is 1.79. The molecule has 0 saturated carbocycles. The number of hydrogen-bond acceptors (Lipinski definition) is 2. The van der Waals surface area contributed by atoms with Gasteiger partial charge < -0.3 is 9.47 Å². The molecule has 0 spiro atoms. The van der Waals surface area contributed by atoms with Crippen LogP contribution in [0.15, 0.2) is 36.4 Å². The van der Waals surface area contributed by atoms with Gasteiger partial charge in [-0.2, -0.15) is 0 Å². The van der Waals surface area contributed by atoms with Gasteiger partial charge in [-0.3, -0.25) is 0 Å². The van der Waals surface area contributed by atoms with Gasteiger partial charge in [-0.25, -0.2) is 0 Å². The molecular weight excluding hydrogens is 351 g/mol. The molecular formula is C24H35O2P. The van der Waals surface area contributed by atoms with Gasteiger partial charge in [-0.1, -0.05) is 50.5 Å². The predicted molar refractivity (Wildman–Crippen MR) is 121 cm³/mol. The molecule has 148 valence electrons. The maximum Gasteiger partial charge on any atom is 0.131 e. The van der Waals surface area contributed by atoms with Gasteiger partial charge in [0.25, 0.3) is 0 Å². The Kier molecular flexibility index (Phi) is 8.64. The van der Waals surface area contributed by atoms with Crippen LogP contribution in [0.25, 0.3) is 11.1 Å². The van der Waals surface area contributed by atoms with Crippen molar-refractivity contribution in [3.8, 4) is 22.6 Å². The molecule has 3 heteroatoms. The molecule has 0 aliphatic heterocycles. The van der Waals surface area contributed by atoms with E-state index >= 15 is 0 Å². The SMILES string of the molecule is CCCCCCc1c(P)cccc1-c1c(OC(C)C)cccc1OC(C)C. The molecule has 2 rings (SSSR count). The van der Waals surface area contributed by atoms with Crippen molar-refractivity contribution in [1.29, 1.82) is 0 Å². The van der Waals surface area contributed by atoms with Gasteiger partial charge in [0.05, 0.1) is 17.8 Å². The van der Waals surface area contributed by atoms with E-state index < -0.39 is 0 Å². The lowest BCUT2D eigenvalue weighted by atomic mass is 9.94. The summed E-state index contributed by atoms with van der Waals surface area (Å²) in [7, 11) is 2.91. The van der Waals surface area contributed by atoms with Crippen molar-refractivity contribution in [2.24, 2.45) is 0 Å². The number of ether oxygens (including phenoxy) is 2. The number of benzene rings is 2. The molecule has 0 fully saturated rings. The normalized spacial score (nSPS) is 11.3. The van der Waals surface area contributed by atoms with Crippen molar-refractivity contribution in [1.82, 2.24) is 0 Å². The lowest BCUT2D eigenvalue weighted by Crippen LogP contribution is -2.12. The highest BCUT2D eigenvalue weighted by molar-refractivity contribution is 7.27. The van der Waals surface area contributed by atoms with Crippen molar-refractivity contribution < 1.29 is 9.47 Å². The molecule has 0 radical (unpaired) electrons. The number of rotatable bonds is 10. The molecule has 0 aromatic heterocycles. The third-order valence-corrected chi connectivity index (χ3v) is 5.02. The zero-order valence-corrected chi connectivity index (χ0v) is 18.7. The standard InChI is InChI=1S/C24H35O2P/c1-6-7-8-9-12-19-20(13-10-16-23(19)27)24-21(25-17(2)3)14-11-15-22(24)26-18(4)5/h10-11,13-18H,6-9,12,27H2,1-5H3. The molecule has 0 amide bonds. The van der Waals surface area contributed by atoms with Gasteiger partial charge in [0.1, 0.15) is 11.5 Å². The lowest BCUT2D eigenvalue weighted by Gasteiger charge is -2.22. The van der Waals surface area contributed by atoms with Crippen LogP contribution in [0.5, 0.6) is 11.5 Å². The second kappa shape index (κ2) is 10.7. The number of hydrogen-bond donors (Lipinski definition) is 0. The average molecular weight is 387 g/mol. The predicted octanol–water partition coefficient (Wildman–Crippen LogP) is 6.55. The second-order valence-corrected chi connectivity index (χ2v) is 8.27. The van der Waals surface area contributed by atoms with Crippen molar-refractivity contribution in [2.75, 3.05) is 0 Å². The lowest BCUT2D eigenvalue weighted by molar-refractivity contribution is 0.231. The van der Waals surface area contributed by atoms with Gasteiger partial charge in [0, 0.05) is 0 Å². The minimum atomic E-state index is 0.116. The van der Waals surface area contributed by atoms with Gasteiger partial charge in [0.15, 0.2) is 0 Å². The van der Waals surface area contributed by atoms with Gasteiger partial charge in [-0.15, -0.1) is 9.24 Å². The zero-order chi connectivity index (χ0) is 19.8. The average Bonchev–Trinajstić information content (AvgIpc) is 2.59. The summed E-state index contributed by atoms with van der Waals surface area (Å²) in [6.07, 6.45) is 6.34. The van der Waals surface area contributed by atoms with Gasteiger partial charge in [0.2, 0.25) is 0 Å². The Morgan fingerprint density at radius 3 is 1.96 bits per heavy atom. The Morgan fingerprint density at radius 1 is 0.815 bits per heavy atom. The first-order chi connectivity index (χ1) is 12.9. The minimum Gasteiger partial charge on any atom is -0.490 e. The van der Waals surface area contributed by atoms with Crippen LogP contribution in [0, 0.1) is 0 Å². The summed E-state index contributed by atoms with van der Waals surface area (Å²) in [6, 6.07) is 12.6. The van der Waals surface area contributed by atoms with Crippen LogP contribution >= 0.6 is 9.24 Å². The van der Waals surface area contributed by atoms with Gasteiger partial charge in [-0.05, 0) is 69.1 Å². The quantitative estimate of drug-likeness (QED) is 0.340. The van der Waals surface area contributed by atoms with Crippen LogP contribution in [0.4, 0.5) is 0 Å². The smallest absolute Gasteiger partial charge is 0.131 e. The summed E-state index contributed by atoms with van der Waals surface area (Å²) in [5, 5.41) is 1.26. The highest BCUT2D eigenvalue weighted by Crippen LogP contribution is 2.41. The Morgan fingerprint density at radius 2 is 1.41 bits per heavy atom. The molecule has 0 bridgehead atoms. The molecule has 1 atom stereocenters. The summed E-state index contributed by atoms with van der Waals surface area (Å²) >= 11 is 0. The van der Waals surface area contributed by atoms with Crippen molar-refractivity contribution in [3.63, 3.8) is 0 Å². The molecule has 0 N–H and O–H groups in total. The first kappa shape index (κ1) is 21.8. The van der Waals surface area contributed by atoms with E-state index in [1.807, 2.05) is 6.07 Å². The summed E-state index contributed by atoms with van der Waals surface area (Å²) in [5.41, 5.74) is 3.69. The summed E-state index contributed by atoms with van der Waals surface area (Å²) in [4.78, 5) is 0. The molecule has 2 aromatic rings. The zero-order valence-electron chi connectivity index (χ0n) is 17.5. The Bertz CT molecular complexity index is 694. The van der Waals surface area contributed by atoms with Crippen LogP contribution in [0.1, 0.15) is 65.9 Å². The number of unbranched alkanes of at least 4 members (excludes halogenated alkanes) is 3. The maximum atomic E-state index is 6.17. The fraction of sp³-hybridized carbons (Fsp3) is 0.500. The Balaban J connectivity index is 2.53. The largest absolute Gasteiger partial charge is 0.490 e. The first-order valence-electron chi connectivity index (χ1n) is 10.3. The fourth-order valence-corrected chi connectivity index (χ4v) is 3.74. The highest BCUT2D eigenvalue weighted by Gasteiger charge is 2.19. The van der Waals surface area contributed by atoms with E-state index in [0.29, 0.717) is 0 Å². The summed E-state index contributed by atoms with van der Waals surface area (Å²) in [6.45, 7) is 10.5. The maximum absolute atomic E-state index is 6.17. The van der Waals surface area contributed by atoms with E-state index in [9.17, 15) is 0 Å². The van der Waals surface area contributed by atoms with Crippen molar-refractivity contribution >= 4 is 14.5 Å². The van der Waals surface area contributed by atoms with E-state index in [1.165, 1.54) is 42.1 Å². The van der Waals surface area contributed by atoms with Crippen LogP contribution in [0.3, 0.4) is 0 Å². The molecule has 2 aromatic carbocycles. The summed E-state index contributed by atoms with van der Waals surface area (Å²) < 4.78 is 12.3. The molecule has 0 aliphatic rings. The Labute approximate surface area is 167 Å². The van der Waals surface area contributed by atoms with Gasteiger partial charge >= 0.3 is 0 Å². The molecule has 27 heavy (non-hydrogen) atoms. The molecule has 2 nitrogen and oxygen atoms in total. The van der Waals surface area contributed by atoms with Crippen molar-refractivity contribution in [2.45, 2.75) is 78.9 Å². The van der Waals surface area contributed by atoms with E-state index in [4.69, 9.17) is 9.47 Å². The van der Waals surface area contributed by atoms with Crippen LogP contribution < -0.4 is 14.8 Å². The minimum absolute atomic E-state index is 0.116. The van der Waals surface area contributed by atoms with E-state index in [-0.39, 0.29) is 12.2 Å². The topological polar surface area (TPSA) is 18.5 Å². The third kappa shape index (κ3) is 6.25. The molecule has 0 heterocycles. The monoisotopic (exact) mass is 386 g/mol. The second-order valence-electron chi connectivity index (χ2n) is 7.65. The Hall–Kier alpha value is -1.53. The van der Waals surface area contributed by atoms with Crippen LogP contribution in [-0.4, -0.2) is 12.2 Å². The van der Waals surface area contributed by atoms with Crippen LogP contribution in [0.2, 0.25) is 0 Å². The fourth-order valence-electron chi connectivity index (χ4n) is 3.33. The van der Waals surface area contributed by atoms with E-state index in [0.717, 1.165) is 23.5 Å². The highest BCUT2D eigenvalue weighted by atomic mass is 31.0. The third-order valence-electron chi connectivity index (χ3n) is 4.48. The van der Waals surface area contributed by atoms with Crippen LogP contribution in [-0.2, 0) is 6.42 Å². The molecule has 1 unspecified atom stereocenters. The molecule has 0 aliphatic carbocycles. The first-order valence-corrected chi connectivity index (χ1v) is 10.9. The van der Waals surface area contributed by atoms with E-state index in [1.54, 1.807) is 0 Å².